The van der Waals surface area contributed by atoms with E-state index in [9.17, 15) is 4.79 Å². The lowest BCUT2D eigenvalue weighted by Crippen LogP contribution is -2.18. The molecule has 0 aromatic rings. The van der Waals surface area contributed by atoms with Crippen LogP contribution >= 0.6 is 0 Å². The summed E-state index contributed by atoms with van der Waals surface area (Å²) in [6, 6.07) is 0. The van der Waals surface area contributed by atoms with Crippen molar-refractivity contribution in [3.63, 3.8) is 0 Å². The van der Waals surface area contributed by atoms with E-state index in [-0.39, 0.29) is 0 Å². The molecule has 0 aromatic heterocycles. The van der Waals surface area contributed by atoms with Crippen LogP contribution in [0.25, 0.3) is 0 Å². The highest BCUT2D eigenvalue weighted by Gasteiger charge is 2.50. The van der Waals surface area contributed by atoms with Crippen molar-refractivity contribution in [1.82, 2.24) is 0 Å². The van der Waals surface area contributed by atoms with E-state index >= 15 is 0 Å². The molecule has 0 aromatic carbocycles. The van der Waals surface area contributed by atoms with Gasteiger partial charge in [0.15, 0.2) is 0 Å². The first-order valence-electron chi connectivity index (χ1n) is 4.57. The molecule has 2 saturated carbocycles. The lowest BCUT2D eigenvalue weighted by atomic mass is 9.86. The highest BCUT2D eigenvalue weighted by Crippen LogP contribution is 2.53. The van der Waals surface area contributed by atoms with E-state index in [2.05, 4.69) is 12.2 Å². The largest absolute Gasteiger partial charge is 0.299 e. The molecule has 1 nitrogen and oxygen atoms in total. The first-order chi connectivity index (χ1) is 5.36. The molecule has 0 N–H and O–H groups in total. The molecule has 0 amide bonds. The van der Waals surface area contributed by atoms with Crippen molar-refractivity contribution in [2.75, 3.05) is 0 Å². The van der Waals surface area contributed by atoms with E-state index in [1.165, 1.54) is 12.8 Å². The van der Waals surface area contributed by atoms with Gasteiger partial charge in [0.05, 0.1) is 0 Å². The molecule has 2 fully saturated rings. The second-order valence-corrected chi connectivity index (χ2v) is 4.14. The standard InChI is InChI=1S/C10H12O/c11-9-4-3-8-6-1-2-7(5-6)10(8)9/h1-2,6-8,10H,3-5H2/t6-,7+,8+,10-/m1/s1. The van der Waals surface area contributed by atoms with Crippen LogP contribution in [0.1, 0.15) is 19.3 Å². The minimum Gasteiger partial charge on any atom is -0.299 e. The van der Waals surface area contributed by atoms with Gasteiger partial charge < -0.3 is 0 Å². The molecule has 0 heterocycles. The Morgan fingerprint density at radius 2 is 2.09 bits per heavy atom. The molecule has 0 aliphatic heterocycles. The third-order valence-corrected chi connectivity index (χ3v) is 3.72. The molecule has 58 valence electrons. The Morgan fingerprint density at radius 1 is 1.27 bits per heavy atom. The predicted molar refractivity (Wildman–Crippen MR) is 42.0 cm³/mol. The summed E-state index contributed by atoms with van der Waals surface area (Å²) in [5.41, 5.74) is 0. The number of Topliss-reactive ketones (excluding diaryl/α,β-unsaturated/α-hetero) is 1. The summed E-state index contributed by atoms with van der Waals surface area (Å²) >= 11 is 0. The zero-order valence-electron chi connectivity index (χ0n) is 6.49. The first kappa shape index (κ1) is 5.99. The Bertz CT molecular complexity index is 241. The van der Waals surface area contributed by atoms with Crippen LogP contribution in [0.5, 0.6) is 0 Å². The van der Waals surface area contributed by atoms with Crippen molar-refractivity contribution in [2.24, 2.45) is 23.7 Å². The number of hydrogen-bond acceptors (Lipinski definition) is 1. The zero-order chi connectivity index (χ0) is 7.42. The topological polar surface area (TPSA) is 17.1 Å². The van der Waals surface area contributed by atoms with Gasteiger partial charge in [0, 0.05) is 12.3 Å². The monoisotopic (exact) mass is 148 g/mol. The van der Waals surface area contributed by atoms with E-state index in [0.29, 0.717) is 17.6 Å². The summed E-state index contributed by atoms with van der Waals surface area (Å²) in [6.07, 6.45) is 7.93. The molecule has 4 atom stereocenters. The summed E-state index contributed by atoms with van der Waals surface area (Å²) in [6.45, 7) is 0. The third-order valence-electron chi connectivity index (χ3n) is 3.72. The van der Waals surface area contributed by atoms with Gasteiger partial charge in [-0.2, -0.15) is 0 Å². The average molecular weight is 148 g/mol. The van der Waals surface area contributed by atoms with Crippen molar-refractivity contribution in [3.05, 3.63) is 12.2 Å². The Hall–Kier alpha value is -0.590. The Kier molecular flexibility index (Phi) is 0.961. The number of hydrogen-bond donors (Lipinski definition) is 0. The third kappa shape index (κ3) is 0.597. The molecular weight excluding hydrogens is 136 g/mol. The van der Waals surface area contributed by atoms with E-state index in [4.69, 9.17) is 0 Å². The van der Waals surface area contributed by atoms with Crippen LogP contribution in [0.4, 0.5) is 0 Å². The van der Waals surface area contributed by atoms with Crippen molar-refractivity contribution in [1.29, 1.82) is 0 Å². The summed E-state index contributed by atoms with van der Waals surface area (Å²) in [7, 11) is 0. The highest BCUT2D eigenvalue weighted by molar-refractivity contribution is 5.84. The lowest BCUT2D eigenvalue weighted by molar-refractivity contribution is -0.121. The minimum absolute atomic E-state index is 0.449. The molecule has 0 radical (unpaired) electrons. The lowest BCUT2D eigenvalue weighted by Gasteiger charge is -2.17. The number of rotatable bonds is 0. The van der Waals surface area contributed by atoms with Crippen LogP contribution in [0.2, 0.25) is 0 Å². The summed E-state index contributed by atoms with van der Waals surface area (Å²) in [5.74, 6) is 3.16. The van der Waals surface area contributed by atoms with Crippen LogP contribution < -0.4 is 0 Å². The van der Waals surface area contributed by atoms with Gasteiger partial charge in [-0.1, -0.05) is 12.2 Å². The second-order valence-electron chi connectivity index (χ2n) is 4.14. The van der Waals surface area contributed by atoms with Gasteiger partial charge in [-0.15, -0.1) is 0 Å². The normalized spacial score (nSPS) is 52.2. The van der Waals surface area contributed by atoms with Crippen molar-refractivity contribution >= 4 is 5.78 Å². The smallest absolute Gasteiger partial charge is 0.136 e. The summed E-state index contributed by atoms with van der Waals surface area (Å²) < 4.78 is 0. The number of carbonyl (C=O) groups excluding carboxylic acids is 1. The minimum atomic E-state index is 0.449. The van der Waals surface area contributed by atoms with Gasteiger partial charge in [0.25, 0.3) is 0 Å². The van der Waals surface area contributed by atoms with Crippen molar-refractivity contribution < 1.29 is 4.79 Å². The van der Waals surface area contributed by atoms with Crippen LogP contribution in [-0.2, 0) is 4.79 Å². The van der Waals surface area contributed by atoms with Crippen LogP contribution in [-0.4, -0.2) is 5.78 Å². The molecular formula is C10H12O. The van der Waals surface area contributed by atoms with Crippen LogP contribution in [0.15, 0.2) is 12.2 Å². The first-order valence-corrected chi connectivity index (χ1v) is 4.57. The molecule has 1 heteroatoms. The van der Waals surface area contributed by atoms with Crippen molar-refractivity contribution in [3.8, 4) is 0 Å². The molecule has 11 heavy (non-hydrogen) atoms. The molecule has 3 rings (SSSR count). The molecule has 3 aliphatic rings. The fourth-order valence-electron chi connectivity index (χ4n) is 3.27. The zero-order valence-corrected chi connectivity index (χ0v) is 6.49. The van der Waals surface area contributed by atoms with E-state index in [1.807, 2.05) is 0 Å². The van der Waals surface area contributed by atoms with Gasteiger partial charge in [-0.05, 0) is 30.6 Å². The van der Waals surface area contributed by atoms with Gasteiger partial charge in [-0.25, -0.2) is 0 Å². The molecule has 2 bridgehead atoms. The quantitative estimate of drug-likeness (QED) is 0.479. The molecule has 3 aliphatic carbocycles. The fourth-order valence-corrected chi connectivity index (χ4v) is 3.27. The Labute approximate surface area is 66.5 Å². The van der Waals surface area contributed by atoms with Gasteiger partial charge in [-0.3, -0.25) is 4.79 Å². The van der Waals surface area contributed by atoms with E-state index in [1.54, 1.807) is 0 Å². The Balaban J connectivity index is 2.03. The second kappa shape index (κ2) is 1.77. The van der Waals surface area contributed by atoms with Crippen LogP contribution in [0, 0.1) is 23.7 Å². The van der Waals surface area contributed by atoms with Crippen molar-refractivity contribution in [2.45, 2.75) is 19.3 Å². The van der Waals surface area contributed by atoms with Crippen LogP contribution in [0.3, 0.4) is 0 Å². The molecule has 0 saturated heterocycles. The summed E-state index contributed by atoms with van der Waals surface area (Å²) in [4.78, 5) is 11.4. The predicted octanol–water partition coefficient (Wildman–Crippen LogP) is 1.79. The Morgan fingerprint density at radius 3 is 2.91 bits per heavy atom. The molecule has 0 spiro atoms. The SMILES string of the molecule is O=C1CC[C@@H]2[C@H]1[C@H]1C=C[C@@H]2C1. The fraction of sp³-hybridized carbons (Fsp3) is 0.700. The van der Waals surface area contributed by atoms with Gasteiger partial charge >= 0.3 is 0 Å². The number of allylic oxidation sites excluding steroid dienone is 2. The maximum atomic E-state index is 11.4. The number of ketones is 1. The summed E-state index contributed by atoms with van der Waals surface area (Å²) in [5, 5.41) is 0. The van der Waals surface area contributed by atoms with Gasteiger partial charge in [0.1, 0.15) is 5.78 Å². The molecule has 0 unspecified atom stereocenters. The maximum Gasteiger partial charge on any atom is 0.136 e. The number of fused-ring (bicyclic) bond motifs is 5. The van der Waals surface area contributed by atoms with Gasteiger partial charge in [0.2, 0.25) is 0 Å². The van der Waals surface area contributed by atoms with E-state index < -0.39 is 0 Å². The number of carbonyl (C=O) groups is 1. The average Bonchev–Trinajstić information content (AvgIpc) is 2.60. The van der Waals surface area contributed by atoms with E-state index in [0.717, 1.165) is 18.3 Å². The maximum absolute atomic E-state index is 11.4. The highest BCUT2D eigenvalue weighted by atomic mass is 16.1.